The summed E-state index contributed by atoms with van der Waals surface area (Å²) in [6.45, 7) is 5.17. The molecule has 35 heavy (non-hydrogen) atoms. The molecule has 0 unspecified atom stereocenters. The van der Waals surface area contributed by atoms with Gasteiger partial charge in [0.05, 0.1) is 29.5 Å². The van der Waals surface area contributed by atoms with Gasteiger partial charge in [-0.1, -0.05) is 12.1 Å². The average molecular weight is 494 g/mol. The Balaban J connectivity index is 1.53. The first-order chi connectivity index (χ1) is 17.0. The summed E-state index contributed by atoms with van der Waals surface area (Å²) >= 11 is 1.60. The number of benzene rings is 1. The molecule has 2 aliphatic rings. The van der Waals surface area contributed by atoms with E-state index in [1.54, 1.807) is 30.7 Å². The molecular weight excluding hydrogens is 466 g/mol. The fourth-order valence-electron chi connectivity index (χ4n) is 3.88. The van der Waals surface area contributed by atoms with E-state index < -0.39 is 6.10 Å². The number of ether oxygens (including phenoxy) is 1. The van der Waals surface area contributed by atoms with Crippen molar-refractivity contribution < 1.29 is 14.6 Å². The summed E-state index contributed by atoms with van der Waals surface area (Å²) < 4.78 is 6.53. The average Bonchev–Trinajstić information content (AvgIpc) is 3.32. The fraction of sp³-hybridized carbons (Fsp3) is 0.333. The van der Waals surface area contributed by atoms with Gasteiger partial charge < -0.3 is 25.8 Å². The van der Waals surface area contributed by atoms with E-state index in [9.17, 15) is 9.90 Å². The first kappa shape index (κ1) is 23.2. The molecule has 1 fully saturated rings. The lowest BCUT2D eigenvalue weighted by Gasteiger charge is -2.29. The van der Waals surface area contributed by atoms with Crippen LogP contribution in [0.15, 0.2) is 47.2 Å². The minimum atomic E-state index is -0.604. The zero-order valence-corrected chi connectivity index (χ0v) is 20.2. The van der Waals surface area contributed by atoms with Crippen molar-refractivity contribution in [3.8, 4) is 10.4 Å². The molecule has 182 valence electrons. The van der Waals surface area contributed by atoms with E-state index >= 15 is 0 Å². The maximum atomic E-state index is 12.5. The van der Waals surface area contributed by atoms with Gasteiger partial charge in [-0.15, -0.1) is 11.3 Å². The lowest BCUT2D eigenvalue weighted by Crippen LogP contribution is -2.37. The molecule has 1 atom stereocenters. The number of aliphatic hydroxyl groups excluding tert-OH is 1. The third-order valence-corrected chi connectivity index (χ3v) is 6.89. The molecule has 2 aliphatic heterocycles. The number of thiophene rings is 1. The van der Waals surface area contributed by atoms with Crippen molar-refractivity contribution in [3.63, 3.8) is 0 Å². The topological polar surface area (TPSA) is 129 Å². The predicted octanol–water partition coefficient (Wildman–Crippen LogP) is 1.95. The van der Waals surface area contributed by atoms with Crippen LogP contribution in [0.25, 0.3) is 20.7 Å². The Hall–Kier alpha value is -3.54. The monoisotopic (exact) mass is 493 g/mol. The molecule has 0 radical (unpaired) electrons. The molecule has 3 aromatic rings. The summed E-state index contributed by atoms with van der Waals surface area (Å²) in [5.74, 6) is 1.68. The van der Waals surface area contributed by atoms with Gasteiger partial charge in [0.2, 0.25) is 5.95 Å². The third-order valence-electron chi connectivity index (χ3n) is 5.72. The van der Waals surface area contributed by atoms with Crippen LogP contribution in [0.3, 0.4) is 0 Å². The van der Waals surface area contributed by atoms with Crippen LogP contribution in [0.4, 0.5) is 11.8 Å². The second-order valence-corrected chi connectivity index (χ2v) is 9.49. The Labute approximate surface area is 206 Å². The van der Waals surface area contributed by atoms with E-state index in [2.05, 4.69) is 15.2 Å². The number of hydrogen-bond donors (Lipinski definition) is 3. The third kappa shape index (κ3) is 5.11. The lowest BCUT2D eigenvalue weighted by atomic mass is 10.1. The largest absolute Gasteiger partial charge is 0.392 e. The number of nitrogens with zero attached hydrogens (tertiary/aromatic N) is 5. The molecule has 0 spiro atoms. The van der Waals surface area contributed by atoms with Gasteiger partial charge in [0, 0.05) is 36.6 Å². The van der Waals surface area contributed by atoms with Crippen LogP contribution < -0.4 is 20.9 Å². The fourth-order valence-corrected chi connectivity index (χ4v) is 4.99. The number of carbonyl (C=O) groups is 1. The van der Waals surface area contributed by atoms with Crippen molar-refractivity contribution in [1.82, 2.24) is 15.3 Å². The number of nitrogens with two attached hydrogens (primary N) is 1. The van der Waals surface area contributed by atoms with Crippen molar-refractivity contribution in [1.29, 1.82) is 0 Å². The van der Waals surface area contributed by atoms with Gasteiger partial charge in [-0.3, -0.25) is 9.69 Å². The number of aromatic nitrogens is 2. The number of aliphatic imine (C=N–C) groups is 1. The van der Waals surface area contributed by atoms with Crippen molar-refractivity contribution in [3.05, 3.63) is 47.8 Å². The number of nitrogens with one attached hydrogen (secondary N) is 1. The number of fused-ring (bicyclic) bond motifs is 1. The van der Waals surface area contributed by atoms with E-state index in [4.69, 9.17) is 20.4 Å². The molecule has 1 saturated heterocycles. The molecule has 10 nitrogen and oxygen atoms in total. The van der Waals surface area contributed by atoms with Gasteiger partial charge >= 0.3 is 0 Å². The van der Waals surface area contributed by atoms with Crippen LogP contribution in [-0.2, 0) is 4.74 Å². The van der Waals surface area contributed by atoms with E-state index in [1.165, 1.54) is 0 Å². The summed E-state index contributed by atoms with van der Waals surface area (Å²) in [5.41, 5.74) is 8.07. The first-order valence-electron chi connectivity index (χ1n) is 11.5. The predicted molar refractivity (Wildman–Crippen MR) is 138 cm³/mol. The van der Waals surface area contributed by atoms with Crippen molar-refractivity contribution in [2.24, 2.45) is 10.7 Å². The highest BCUT2D eigenvalue weighted by atomic mass is 32.1. The second kappa shape index (κ2) is 9.98. The highest BCUT2D eigenvalue weighted by molar-refractivity contribution is 7.22. The standard InChI is InChI=1S/C24H27N7O3S/c1-15(32)13-26-23(33)17-4-2-3-16(11-17)19-12-18-21(35-19)22(30-7-9-34-10-8-30)29-24(28-18)31-6-5-20(25)27-14-31/h2-5,11-12,14-15,32H,6-10,13,25H2,1H3,(H,26,33)/t15-/m0/s1. The number of carbonyl (C=O) groups excluding carboxylic acids is 1. The van der Waals surface area contributed by atoms with Crippen LogP contribution in [-0.4, -0.2) is 72.8 Å². The van der Waals surface area contributed by atoms with Crippen molar-refractivity contribution >= 4 is 45.6 Å². The Morgan fingerprint density at radius 1 is 1.29 bits per heavy atom. The highest BCUT2D eigenvalue weighted by Gasteiger charge is 2.22. The number of morpholine rings is 1. The number of aliphatic hydroxyl groups is 1. The normalized spacial score (nSPS) is 16.9. The Morgan fingerprint density at radius 2 is 2.11 bits per heavy atom. The molecule has 0 bridgehead atoms. The van der Waals surface area contributed by atoms with E-state index in [0.717, 1.165) is 39.6 Å². The molecule has 4 N–H and O–H groups in total. The molecule has 11 heteroatoms. The quantitative estimate of drug-likeness (QED) is 0.475. The van der Waals surface area contributed by atoms with Gasteiger partial charge in [-0.2, -0.15) is 4.98 Å². The molecule has 0 aliphatic carbocycles. The summed E-state index contributed by atoms with van der Waals surface area (Å²) in [4.78, 5) is 31.5. The molecule has 5 rings (SSSR count). The number of hydrogen-bond acceptors (Lipinski definition) is 10. The highest BCUT2D eigenvalue weighted by Crippen LogP contribution is 2.39. The zero-order valence-electron chi connectivity index (χ0n) is 19.3. The van der Waals surface area contributed by atoms with Crippen LogP contribution in [0.2, 0.25) is 0 Å². The lowest BCUT2D eigenvalue weighted by molar-refractivity contribution is 0.0924. The van der Waals surface area contributed by atoms with E-state index in [-0.39, 0.29) is 12.5 Å². The van der Waals surface area contributed by atoms with E-state index in [0.29, 0.717) is 37.1 Å². The molecule has 0 saturated carbocycles. The molecule has 4 heterocycles. The minimum Gasteiger partial charge on any atom is -0.392 e. The number of amides is 1. The van der Waals surface area contributed by atoms with Gasteiger partial charge in [0.25, 0.3) is 5.91 Å². The van der Waals surface area contributed by atoms with Gasteiger partial charge in [-0.25, -0.2) is 9.98 Å². The summed E-state index contributed by atoms with van der Waals surface area (Å²) in [6.07, 6.45) is 2.88. The number of rotatable bonds is 6. The Morgan fingerprint density at radius 3 is 2.86 bits per heavy atom. The van der Waals surface area contributed by atoms with Crippen LogP contribution >= 0.6 is 11.3 Å². The zero-order chi connectivity index (χ0) is 24.4. The minimum absolute atomic E-state index is 0.202. The van der Waals surface area contributed by atoms with Crippen molar-refractivity contribution in [2.45, 2.75) is 13.0 Å². The SMILES string of the molecule is C[C@H](O)CNC(=O)c1cccc(-c2cc3nc(N4C=NC(N)=CC4)nc(N4CCOCC4)c3s2)c1. The molecular formula is C24H27N7O3S. The number of anilines is 2. The molecule has 1 aromatic carbocycles. The van der Waals surface area contributed by atoms with Gasteiger partial charge in [-0.05, 0) is 36.8 Å². The summed E-state index contributed by atoms with van der Waals surface area (Å²) in [7, 11) is 0. The Bertz CT molecular complexity index is 1300. The van der Waals surface area contributed by atoms with Crippen LogP contribution in [0.1, 0.15) is 17.3 Å². The van der Waals surface area contributed by atoms with Gasteiger partial charge in [0.1, 0.15) is 12.2 Å². The van der Waals surface area contributed by atoms with Crippen LogP contribution in [0, 0.1) is 0 Å². The summed E-state index contributed by atoms with van der Waals surface area (Å²) in [5, 5.41) is 12.2. The maximum Gasteiger partial charge on any atom is 0.251 e. The summed E-state index contributed by atoms with van der Waals surface area (Å²) in [6, 6.07) is 9.49. The Kier molecular flexibility index (Phi) is 6.62. The first-order valence-corrected chi connectivity index (χ1v) is 12.3. The van der Waals surface area contributed by atoms with Crippen molar-refractivity contribution in [2.75, 3.05) is 49.2 Å². The van der Waals surface area contributed by atoms with Gasteiger partial charge in [0.15, 0.2) is 5.82 Å². The van der Waals surface area contributed by atoms with E-state index in [1.807, 2.05) is 35.2 Å². The maximum absolute atomic E-state index is 12.5. The van der Waals surface area contributed by atoms with Crippen LogP contribution in [0.5, 0.6) is 0 Å². The smallest absolute Gasteiger partial charge is 0.251 e. The second-order valence-electron chi connectivity index (χ2n) is 8.44. The molecule has 1 amide bonds. The molecule has 2 aromatic heterocycles.